The first-order valence-electron chi connectivity index (χ1n) is 1.82. The van der Waals surface area contributed by atoms with E-state index in [4.69, 9.17) is 0 Å². The Hall–Kier alpha value is 0.620. The molecule has 0 saturated carbocycles. The minimum absolute atomic E-state index is 0.829. The van der Waals surface area contributed by atoms with Crippen LogP contribution in [0, 0.1) is 0 Å². The Bertz CT molecular complexity index is 50.2. The molecular weight excluding hydrogens is 130 g/mol. The molecule has 0 rings (SSSR count). The summed E-state index contributed by atoms with van der Waals surface area (Å²) in [5.41, 5.74) is 0. The van der Waals surface area contributed by atoms with Gasteiger partial charge in [0.05, 0.1) is 0 Å². The van der Waals surface area contributed by atoms with Crippen LogP contribution in [-0.2, 0) is 10.4 Å². The molecule has 2 nitrogen and oxygen atoms in total. The molecular formula is C3H9NOS2. The summed E-state index contributed by atoms with van der Waals surface area (Å²) in [6.45, 7) is 0. The topological polar surface area (TPSA) is 26.3 Å². The zero-order valence-corrected chi connectivity index (χ0v) is 6.30. The minimum Gasteiger partial charge on any atom is -0.586 e. The summed E-state index contributed by atoms with van der Waals surface area (Å²) in [5.74, 6) is 0. The largest absolute Gasteiger partial charge is 0.586 e. The van der Waals surface area contributed by atoms with E-state index >= 15 is 0 Å². The molecule has 4 heteroatoms. The molecule has 0 aliphatic rings. The standard InChI is InChI=1S/C3H9NOS2/c1-4(2)7(5)6-3/h1-3H3. The first-order valence-corrected chi connectivity index (χ1v) is 4.67. The van der Waals surface area contributed by atoms with Crippen molar-refractivity contribution in [1.29, 1.82) is 0 Å². The molecule has 0 N–H and O–H groups in total. The van der Waals surface area contributed by atoms with Gasteiger partial charge in [-0.3, -0.25) is 0 Å². The molecule has 0 amide bonds. The zero-order chi connectivity index (χ0) is 5.86. The van der Waals surface area contributed by atoms with Crippen molar-refractivity contribution in [2.24, 2.45) is 0 Å². The van der Waals surface area contributed by atoms with Crippen LogP contribution in [0.3, 0.4) is 0 Å². The molecule has 0 aliphatic carbocycles. The Morgan fingerprint density at radius 1 is 1.57 bits per heavy atom. The molecule has 0 bridgehead atoms. The molecule has 44 valence electrons. The molecule has 0 radical (unpaired) electrons. The second-order valence-corrected chi connectivity index (χ2v) is 4.55. The summed E-state index contributed by atoms with van der Waals surface area (Å²) in [6, 6.07) is 0. The van der Waals surface area contributed by atoms with Gasteiger partial charge in [0.25, 0.3) is 0 Å². The monoisotopic (exact) mass is 139 g/mol. The Morgan fingerprint density at radius 2 is 2.00 bits per heavy atom. The second-order valence-electron chi connectivity index (χ2n) is 1.20. The highest BCUT2D eigenvalue weighted by Crippen LogP contribution is 2.08. The van der Waals surface area contributed by atoms with Crippen molar-refractivity contribution in [3.8, 4) is 0 Å². The molecule has 0 aromatic rings. The van der Waals surface area contributed by atoms with Crippen LogP contribution in [0.4, 0.5) is 0 Å². The number of hydrogen-bond acceptors (Lipinski definition) is 3. The van der Waals surface area contributed by atoms with E-state index in [9.17, 15) is 4.55 Å². The highest BCUT2D eigenvalue weighted by molar-refractivity contribution is 8.70. The molecule has 0 fully saturated rings. The van der Waals surface area contributed by atoms with Crippen molar-refractivity contribution in [2.45, 2.75) is 0 Å². The first kappa shape index (κ1) is 7.62. The Morgan fingerprint density at radius 3 is 2.00 bits per heavy atom. The average Bonchev–Trinajstić information content (AvgIpc) is 1.65. The van der Waals surface area contributed by atoms with Gasteiger partial charge in [0, 0.05) is 20.4 Å². The van der Waals surface area contributed by atoms with Crippen molar-refractivity contribution < 1.29 is 4.55 Å². The second kappa shape index (κ2) is 3.60. The normalized spacial score (nSPS) is 15.0. The van der Waals surface area contributed by atoms with E-state index in [1.807, 2.05) is 6.26 Å². The summed E-state index contributed by atoms with van der Waals surface area (Å²) < 4.78 is 12.2. The molecule has 1 unspecified atom stereocenters. The Balaban J connectivity index is 3.14. The van der Waals surface area contributed by atoms with Crippen LogP contribution in [0.1, 0.15) is 0 Å². The maximum atomic E-state index is 10.5. The van der Waals surface area contributed by atoms with Crippen molar-refractivity contribution in [2.75, 3.05) is 20.4 Å². The van der Waals surface area contributed by atoms with Crippen LogP contribution >= 0.6 is 10.8 Å². The van der Waals surface area contributed by atoms with Crippen molar-refractivity contribution >= 4 is 21.2 Å². The van der Waals surface area contributed by atoms with Crippen LogP contribution in [-0.4, -0.2) is 29.2 Å². The van der Waals surface area contributed by atoms with Crippen molar-refractivity contribution in [3.05, 3.63) is 0 Å². The summed E-state index contributed by atoms with van der Waals surface area (Å²) in [5, 5.41) is 0. The molecule has 0 aliphatic heterocycles. The van der Waals surface area contributed by atoms with Gasteiger partial charge in [-0.25, -0.2) is 0 Å². The lowest BCUT2D eigenvalue weighted by atomic mass is 11.3. The van der Waals surface area contributed by atoms with E-state index < -0.39 is 10.4 Å². The fraction of sp³-hybridized carbons (Fsp3) is 1.00. The Kier molecular flexibility index (Phi) is 3.92. The minimum atomic E-state index is -0.829. The highest BCUT2D eigenvalue weighted by atomic mass is 33.1. The van der Waals surface area contributed by atoms with E-state index in [1.165, 1.54) is 10.8 Å². The third kappa shape index (κ3) is 3.22. The van der Waals surface area contributed by atoms with E-state index in [0.717, 1.165) is 0 Å². The molecule has 0 aromatic carbocycles. The molecule has 0 spiro atoms. The summed E-state index contributed by atoms with van der Waals surface area (Å²) in [4.78, 5) is 0. The molecule has 1 atom stereocenters. The van der Waals surface area contributed by atoms with Gasteiger partial charge in [-0.1, -0.05) is 0 Å². The molecule has 0 aromatic heterocycles. The molecule has 0 saturated heterocycles. The zero-order valence-electron chi connectivity index (χ0n) is 4.67. The summed E-state index contributed by atoms with van der Waals surface area (Å²) in [6.07, 6.45) is 1.82. The fourth-order valence-electron chi connectivity index (χ4n) is 0.149. The van der Waals surface area contributed by atoms with Crippen LogP contribution < -0.4 is 0 Å². The van der Waals surface area contributed by atoms with Gasteiger partial charge in [0.15, 0.2) is 0 Å². The van der Waals surface area contributed by atoms with E-state index in [-0.39, 0.29) is 0 Å². The predicted octanol–water partition coefficient (Wildman–Crippen LogP) is 0.490. The van der Waals surface area contributed by atoms with Gasteiger partial charge in [0.2, 0.25) is 0 Å². The highest BCUT2D eigenvalue weighted by Gasteiger charge is 2.05. The van der Waals surface area contributed by atoms with Crippen LogP contribution in [0.25, 0.3) is 0 Å². The lowest BCUT2D eigenvalue weighted by Gasteiger charge is -2.09. The SMILES string of the molecule is CS[S+]([O-])N(C)C. The van der Waals surface area contributed by atoms with Crippen LogP contribution in [0.5, 0.6) is 0 Å². The van der Waals surface area contributed by atoms with Gasteiger partial charge in [-0.2, -0.15) is 0 Å². The van der Waals surface area contributed by atoms with Crippen LogP contribution in [0.2, 0.25) is 0 Å². The van der Waals surface area contributed by atoms with Gasteiger partial charge in [0.1, 0.15) is 21.2 Å². The van der Waals surface area contributed by atoms with E-state index in [1.54, 1.807) is 18.4 Å². The smallest absolute Gasteiger partial charge is 0.115 e. The lowest BCUT2D eigenvalue weighted by molar-refractivity contribution is 0.538. The predicted molar refractivity (Wildman–Crippen MR) is 35.3 cm³/mol. The van der Waals surface area contributed by atoms with E-state index in [2.05, 4.69) is 0 Å². The first-order chi connectivity index (χ1) is 3.18. The molecule has 0 heterocycles. The van der Waals surface area contributed by atoms with Crippen LogP contribution in [0.15, 0.2) is 0 Å². The maximum absolute atomic E-state index is 10.5. The molecule has 7 heavy (non-hydrogen) atoms. The van der Waals surface area contributed by atoms with Gasteiger partial charge >= 0.3 is 0 Å². The quantitative estimate of drug-likeness (QED) is 0.411. The third-order valence-electron chi connectivity index (χ3n) is 0.441. The average molecular weight is 139 g/mol. The summed E-state index contributed by atoms with van der Waals surface area (Å²) >= 11 is 0. The maximum Gasteiger partial charge on any atom is 0.115 e. The Labute approximate surface area is 51.0 Å². The van der Waals surface area contributed by atoms with Gasteiger partial charge in [-0.05, 0) is 0 Å². The lowest BCUT2D eigenvalue weighted by Crippen LogP contribution is -2.17. The third-order valence-corrected chi connectivity index (χ3v) is 3.07. The summed E-state index contributed by atoms with van der Waals surface area (Å²) in [7, 11) is 4.07. The fourth-order valence-corrected chi connectivity index (χ4v) is 1.34. The number of rotatable bonds is 2. The van der Waals surface area contributed by atoms with Crippen molar-refractivity contribution in [3.63, 3.8) is 0 Å². The van der Waals surface area contributed by atoms with Crippen molar-refractivity contribution in [1.82, 2.24) is 4.31 Å². The number of hydrogen-bond donors (Lipinski definition) is 0. The number of nitrogens with zero attached hydrogens (tertiary/aromatic N) is 1. The van der Waals surface area contributed by atoms with E-state index in [0.29, 0.717) is 0 Å². The van der Waals surface area contributed by atoms with Gasteiger partial charge < -0.3 is 4.55 Å². The van der Waals surface area contributed by atoms with Gasteiger partial charge in [-0.15, -0.1) is 4.31 Å².